The average Bonchev–Trinajstić information content (AvgIpc) is 2.77. The molecule has 6 nitrogen and oxygen atoms in total. The van der Waals surface area contributed by atoms with Gasteiger partial charge in [0.15, 0.2) is 11.5 Å². The Hall–Kier alpha value is -0.760. The predicted molar refractivity (Wildman–Crippen MR) is 145 cm³/mol. The first kappa shape index (κ1) is 33.2. The Balaban J connectivity index is 0.00000544. The molecule has 1 aromatic carbocycles. The molecule has 0 bridgehead atoms. The Morgan fingerprint density at radius 2 is 1.76 bits per heavy atom. The van der Waals surface area contributed by atoms with Gasteiger partial charge in [0.25, 0.3) is 0 Å². The van der Waals surface area contributed by atoms with Crippen LogP contribution < -0.4 is 15.2 Å². The maximum absolute atomic E-state index is 10.8. The van der Waals surface area contributed by atoms with Crippen LogP contribution in [-0.2, 0) is 11.2 Å². The van der Waals surface area contributed by atoms with Crippen LogP contribution in [0, 0.1) is 17.8 Å². The molecule has 0 aromatic heterocycles. The Bertz CT molecular complexity index is 658. The molecule has 3 N–H and O–H groups in total. The third kappa shape index (κ3) is 11.3. The lowest BCUT2D eigenvalue weighted by molar-refractivity contribution is 0.0657. The second-order valence-electron chi connectivity index (χ2n) is 9.84. The molecule has 2 rings (SSSR count). The molecular weight excluding hydrogens is 475 g/mol. The normalized spacial score (nSPS) is 17.4. The third-order valence-electron chi connectivity index (χ3n) is 6.81. The van der Waals surface area contributed by atoms with E-state index in [0.29, 0.717) is 31.6 Å². The van der Waals surface area contributed by atoms with E-state index >= 15 is 0 Å². The number of hydrogen-bond donors (Lipinski definition) is 2. The first-order valence-corrected chi connectivity index (χ1v) is 12.3. The van der Waals surface area contributed by atoms with Gasteiger partial charge < -0.3 is 30.0 Å². The lowest BCUT2D eigenvalue weighted by Crippen LogP contribution is -2.46. The van der Waals surface area contributed by atoms with Crippen molar-refractivity contribution in [3.05, 3.63) is 23.8 Å². The number of aliphatic hydroxyl groups is 1. The number of methoxy groups -OCH3 is 2. The van der Waals surface area contributed by atoms with E-state index < -0.39 is 6.10 Å². The van der Waals surface area contributed by atoms with E-state index in [1.807, 2.05) is 6.07 Å². The molecule has 1 fully saturated rings. The Kier molecular flexibility index (Phi) is 17.2. The van der Waals surface area contributed by atoms with Crippen LogP contribution in [0.3, 0.4) is 0 Å². The van der Waals surface area contributed by atoms with Crippen molar-refractivity contribution in [3.8, 4) is 11.5 Å². The molecule has 1 aliphatic heterocycles. The van der Waals surface area contributed by atoms with E-state index in [-0.39, 0.29) is 30.9 Å². The summed E-state index contributed by atoms with van der Waals surface area (Å²) in [4.78, 5) is 2.37. The molecule has 1 aliphatic rings. The maximum Gasteiger partial charge on any atom is 0.161 e. The molecule has 0 spiro atoms. The van der Waals surface area contributed by atoms with Crippen LogP contribution in [0.25, 0.3) is 0 Å². The zero-order chi connectivity index (χ0) is 23.5. The number of likely N-dealkylation sites (tertiary alicyclic amines) is 1. The Morgan fingerprint density at radius 1 is 1.09 bits per heavy atom. The molecule has 3 atom stereocenters. The van der Waals surface area contributed by atoms with Gasteiger partial charge in [0.05, 0.1) is 19.8 Å². The molecule has 1 aromatic rings. The fourth-order valence-corrected chi connectivity index (χ4v) is 4.39. The summed E-state index contributed by atoms with van der Waals surface area (Å²) < 4.78 is 16.5. The summed E-state index contributed by atoms with van der Waals surface area (Å²) >= 11 is 0. The van der Waals surface area contributed by atoms with Gasteiger partial charge >= 0.3 is 0 Å². The molecule has 1 heterocycles. The van der Waals surface area contributed by atoms with E-state index in [2.05, 4.69) is 37.8 Å². The highest BCUT2D eigenvalue weighted by Crippen LogP contribution is 2.31. The van der Waals surface area contributed by atoms with Gasteiger partial charge in [-0.05, 0) is 74.2 Å². The zero-order valence-corrected chi connectivity index (χ0v) is 23.3. The van der Waals surface area contributed by atoms with Gasteiger partial charge in [0.1, 0.15) is 0 Å². The van der Waals surface area contributed by atoms with E-state index in [4.69, 9.17) is 19.9 Å². The summed E-state index contributed by atoms with van der Waals surface area (Å²) in [6.45, 7) is 10.9. The molecule has 200 valence electrons. The minimum Gasteiger partial charge on any atom is -0.493 e. The Labute approximate surface area is 219 Å². The second kappa shape index (κ2) is 17.6. The number of hydrogen-bond acceptors (Lipinski definition) is 6. The molecule has 0 unspecified atom stereocenters. The summed E-state index contributed by atoms with van der Waals surface area (Å²) in [5.74, 6) is 3.16. The van der Waals surface area contributed by atoms with Gasteiger partial charge in [-0.3, -0.25) is 0 Å². The van der Waals surface area contributed by atoms with Crippen molar-refractivity contribution in [2.45, 2.75) is 65.0 Å². The van der Waals surface area contributed by atoms with Crippen molar-refractivity contribution in [2.75, 3.05) is 47.1 Å². The molecule has 0 aliphatic carbocycles. The summed E-state index contributed by atoms with van der Waals surface area (Å²) in [6, 6.07) is 5.94. The first-order chi connectivity index (χ1) is 15.3. The fraction of sp³-hybridized carbons (Fsp3) is 0.769. The van der Waals surface area contributed by atoms with Crippen molar-refractivity contribution in [2.24, 2.45) is 23.5 Å². The van der Waals surface area contributed by atoms with Crippen LogP contribution in [0.5, 0.6) is 11.5 Å². The van der Waals surface area contributed by atoms with Crippen LogP contribution in [-0.4, -0.2) is 69.2 Å². The van der Waals surface area contributed by atoms with Crippen LogP contribution in [0.1, 0.15) is 52.0 Å². The van der Waals surface area contributed by atoms with Gasteiger partial charge in [-0.1, -0.05) is 26.8 Å². The van der Waals surface area contributed by atoms with E-state index in [1.54, 1.807) is 14.2 Å². The smallest absolute Gasteiger partial charge is 0.161 e. The van der Waals surface area contributed by atoms with Crippen LogP contribution in [0.4, 0.5) is 0 Å². The number of ether oxygens (including phenoxy) is 3. The summed E-state index contributed by atoms with van der Waals surface area (Å²) in [5.41, 5.74) is 7.70. The minimum absolute atomic E-state index is 0. The SMILES string of the molecule is COCCCOc1cc(C[C@@H](C[C@H](N)[C@@H](O)CN2CCC(C)CC2)C(C)C)ccc1OC.Cl.Cl. The summed E-state index contributed by atoms with van der Waals surface area (Å²) in [7, 11) is 3.36. The maximum atomic E-state index is 10.8. The highest BCUT2D eigenvalue weighted by Gasteiger charge is 2.26. The van der Waals surface area contributed by atoms with Crippen LogP contribution >= 0.6 is 24.8 Å². The van der Waals surface area contributed by atoms with Gasteiger partial charge in [-0.15, -0.1) is 24.8 Å². The topological polar surface area (TPSA) is 77.2 Å². The van der Waals surface area contributed by atoms with E-state index in [1.165, 1.54) is 18.4 Å². The van der Waals surface area contributed by atoms with E-state index in [0.717, 1.165) is 49.8 Å². The first-order valence-electron chi connectivity index (χ1n) is 12.3. The Morgan fingerprint density at radius 3 is 2.35 bits per heavy atom. The van der Waals surface area contributed by atoms with Crippen LogP contribution in [0.2, 0.25) is 0 Å². The number of piperidine rings is 1. The number of aliphatic hydroxyl groups excluding tert-OH is 1. The van der Waals surface area contributed by atoms with Crippen molar-refractivity contribution >= 4 is 24.8 Å². The van der Waals surface area contributed by atoms with Crippen molar-refractivity contribution in [1.82, 2.24) is 4.90 Å². The number of benzene rings is 1. The highest BCUT2D eigenvalue weighted by atomic mass is 35.5. The fourth-order valence-electron chi connectivity index (χ4n) is 4.39. The zero-order valence-electron chi connectivity index (χ0n) is 21.7. The predicted octanol–water partition coefficient (Wildman–Crippen LogP) is 4.58. The van der Waals surface area contributed by atoms with Gasteiger partial charge in [0.2, 0.25) is 0 Å². The minimum atomic E-state index is -0.486. The molecule has 0 saturated carbocycles. The molecular formula is C26H48Cl2N2O4. The molecule has 0 radical (unpaired) electrons. The number of halogens is 2. The molecule has 0 amide bonds. The second-order valence-corrected chi connectivity index (χ2v) is 9.84. The van der Waals surface area contributed by atoms with Gasteiger partial charge in [0, 0.05) is 32.7 Å². The van der Waals surface area contributed by atoms with Crippen LogP contribution in [0.15, 0.2) is 18.2 Å². The third-order valence-corrected chi connectivity index (χ3v) is 6.81. The molecule has 1 saturated heterocycles. The monoisotopic (exact) mass is 522 g/mol. The molecule has 34 heavy (non-hydrogen) atoms. The van der Waals surface area contributed by atoms with Crippen molar-refractivity contribution < 1.29 is 19.3 Å². The lowest BCUT2D eigenvalue weighted by Gasteiger charge is -2.34. The molecule has 8 heteroatoms. The number of β-amino-alcohol motifs (C(OH)–C–C–N with tert-alkyl or cyclic N) is 1. The van der Waals surface area contributed by atoms with Gasteiger partial charge in [-0.2, -0.15) is 0 Å². The summed E-state index contributed by atoms with van der Waals surface area (Å²) in [5, 5.41) is 10.8. The van der Waals surface area contributed by atoms with E-state index in [9.17, 15) is 5.11 Å². The largest absolute Gasteiger partial charge is 0.493 e. The van der Waals surface area contributed by atoms with Crippen molar-refractivity contribution in [1.29, 1.82) is 0 Å². The number of nitrogens with zero attached hydrogens (tertiary/aromatic N) is 1. The van der Waals surface area contributed by atoms with Gasteiger partial charge in [-0.25, -0.2) is 0 Å². The van der Waals surface area contributed by atoms with Crippen molar-refractivity contribution in [3.63, 3.8) is 0 Å². The number of rotatable bonds is 14. The number of nitrogens with two attached hydrogens (primary N) is 1. The highest BCUT2D eigenvalue weighted by molar-refractivity contribution is 5.85. The quantitative estimate of drug-likeness (QED) is 0.348. The lowest BCUT2D eigenvalue weighted by atomic mass is 9.83. The standard InChI is InChI=1S/C26H46N2O4.2ClH/c1-19(2)22(17-23(27)24(29)18-28-11-9-20(3)10-12-28)15-21-7-8-25(31-5)26(16-21)32-14-6-13-30-4;;/h7-8,16,19-20,22-24,29H,6,9-15,17-18,27H2,1-5H3;2*1H/t22-,23-,24-;;/m0../s1. The average molecular weight is 524 g/mol. The summed E-state index contributed by atoms with van der Waals surface area (Å²) in [6.07, 6.45) is 4.48.